The third-order valence-corrected chi connectivity index (χ3v) is 7.00. The molecule has 0 radical (unpaired) electrons. The maximum Gasteiger partial charge on any atom is 0.264 e. The summed E-state index contributed by atoms with van der Waals surface area (Å²) in [5.74, 6) is 0.639. The smallest absolute Gasteiger partial charge is 0.264 e. The van der Waals surface area contributed by atoms with Gasteiger partial charge in [0.1, 0.15) is 5.01 Å². The third kappa shape index (κ3) is 3.50. The molecule has 0 saturated heterocycles. The minimum Gasteiger partial charge on any atom is -0.266 e. The fraction of sp³-hybridized carbons (Fsp3) is 0.211. The van der Waals surface area contributed by atoms with E-state index < -0.39 is 10.0 Å². The molecule has 4 rings (SSSR count). The molecular weight excluding hydrogens is 394 g/mol. The van der Waals surface area contributed by atoms with Gasteiger partial charge >= 0.3 is 0 Å². The van der Waals surface area contributed by atoms with Gasteiger partial charge < -0.3 is 0 Å². The van der Waals surface area contributed by atoms with Crippen molar-refractivity contribution in [2.45, 2.75) is 25.2 Å². The predicted molar refractivity (Wildman–Crippen MR) is 109 cm³/mol. The van der Waals surface area contributed by atoms with Gasteiger partial charge in [-0.15, -0.1) is 10.2 Å². The Hall–Kier alpha value is -2.78. The van der Waals surface area contributed by atoms with E-state index in [1.54, 1.807) is 34.8 Å². The Labute approximate surface area is 167 Å². The van der Waals surface area contributed by atoms with E-state index in [1.807, 2.05) is 38.1 Å². The number of benzene rings is 2. The van der Waals surface area contributed by atoms with Crippen LogP contribution in [0.3, 0.4) is 0 Å². The maximum atomic E-state index is 13.3. The Morgan fingerprint density at radius 2 is 1.71 bits per heavy atom. The van der Waals surface area contributed by atoms with Gasteiger partial charge in [0.25, 0.3) is 10.0 Å². The van der Waals surface area contributed by atoms with E-state index in [9.17, 15) is 8.42 Å². The lowest BCUT2D eigenvalue weighted by Crippen LogP contribution is -2.33. The van der Waals surface area contributed by atoms with Crippen LogP contribution in [0.5, 0.6) is 0 Å². The molecule has 9 heteroatoms. The number of hydrogen-bond donors (Lipinski definition) is 0. The highest BCUT2D eigenvalue weighted by atomic mass is 32.2. The van der Waals surface area contributed by atoms with Gasteiger partial charge in [-0.05, 0) is 38.1 Å². The zero-order valence-electron chi connectivity index (χ0n) is 15.5. The second-order valence-electron chi connectivity index (χ2n) is 6.41. The molecule has 0 saturated carbocycles. The topological polar surface area (TPSA) is 80.5 Å². The third-order valence-electron chi connectivity index (χ3n) is 4.35. The van der Waals surface area contributed by atoms with E-state index in [4.69, 9.17) is 0 Å². The van der Waals surface area contributed by atoms with Crippen molar-refractivity contribution in [1.29, 1.82) is 0 Å². The number of rotatable bonds is 6. The molecule has 0 amide bonds. The zero-order valence-corrected chi connectivity index (χ0v) is 17.1. The van der Waals surface area contributed by atoms with Crippen LogP contribution in [0.15, 0.2) is 59.5 Å². The van der Waals surface area contributed by atoms with E-state index in [0.717, 1.165) is 10.6 Å². The van der Waals surface area contributed by atoms with E-state index in [0.29, 0.717) is 22.9 Å². The van der Waals surface area contributed by atoms with Crippen LogP contribution in [0.1, 0.15) is 16.4 Å². The predicted octanol–water partition coefficient (Wildman–Crippen LogP) is 3.24. The molecule has 0 unspecified atom stereocenters. The number of hydrogen-bond acceptors (Lipinski definition) is 6. The molecule has 0 atom stereocenters. The van der Waals surface area contributed by atoms with Crippen LogP contribution in [-0.2, 0) is 16.4 Å². The molecule has 7 nitrogen and oxygen atoms in total. The van der Waals surface area contributed by atoms with E-state index in [-0.39, 0.29) is 11.4 Å². The molecule has 0 fully saturated rings. The van der Waals surface area contributed by atoms with Gasteiger partial charge in [-0.25, -0.2) is 8.42 Å². The quantitative estimate of drug-likeness (QED) is 0.485. The highest BCUT2D eigenvalue weighted by Gasteiger charge is 2.25. The molecule has 0 aliphatic rings. The molecule has 2 heterocycles. The van der Waals surface area contributed by atoms with Crippen LogP contribution in [0.2, 0.25) is 0 Å². The number of aryl methyl sites for hydroxylation is 2. The Kier molecular flexibility index (Phi) is 4.86. The average Bonchev–Trinajstić information content (AvgIpc) is 3.23. The molecule has 2 aromatic heterocycles. The Morgan fingerprint density at radius 3 is 2.43 bits per heavy atom. The largest absolute Gasteiger partial charge is 0.266 e. The Morgan fingerprint density at radius 1 is 1.00 bits per heavy atom. The molecule has 0 aliphatic carbocycles. The summed E-state index contributed by atoms with van der Waals surface area (Å²) in [6.07, 6.45) is 0.393. The molecule has 28 heavy (non-hydrogen) atoms. The van der Waals surface area contributed by atoms with Crippen molar-refractivity contribution in [3.8, 4) is 0 Å². The highest BCUT2D eigenvalue weighted by Crippen LogP contribution is 2.24. The lowest BCUT2D eigenvalue weighted by molar-refractivity contribution is 0.589. The molecule has 0 bridgehead atoms. The summed E-state index contributed by atoms with van der Waals surface area (Å²) < 4.78 is 29.7. The average molecular weight is 414 g/mol. The van der Waals surface area contributed by atoms with Crippen LogP contribution < -0.4 is 4.31 Å². The van der Waals surface area contributed by atoms with Crippen molar-refractivity contribution >= 4 is 32.0 Å². The van der Waals surface area contributed by atoms with Crippen LogP contribution in [-0.4, -0.2) is 34.8 Å². The summed E-state index contributed by atoms with van der Waals surface area (Å²) in [5.41, 5.74) is 1.68. The van der Waals surface area contributed by atoms with Crippen molar-refractivity contribution in [1.82, 2.24) is 19.8 Å². The van der Waals surface area contributed by atoms with Crippen molar-refractivity contribution in [3.05, 3.63) is 71.0 Å². The fourth-order valence-corrected chi connectivity index (χ4v) is 5.12. The van der Waals surface area contributed by atoms with E-state index in [2.05, 4.69) is 15.3 Å². The van der Waals surface area contributed by atoms with E-state index >= 15 is 0 Å². The number of anilines is 1. The van der Waals surface area contributed by atoms with E-state index in [1.165, 1.54) is 15.6 Å². The van der Waals surface area contributed by atoms with Crippen LogP contribution in [0.25, 0.3) is 4.96 Å². The summed E-state index contributed by atoms with van der Waals surface area (Å²) in [5, 5.41) is 13.6. The van der Waals surface area contributed by atoms with Crippen molar-refractivity contribution in [2.75, 3.05) is 10.8 Å². The van der Waals surface area contributed by atoms with Crippen molar-refractivity contribution < 1.29 is 8.42 Å². The Balaban J connectivity index is 1.70. The first-order chi connectivity index (χ1) is 13.4. The van der Waals surface area contributed by atoms with Crippen molar-refractivity contribution in [2.24, 2.45) is 0 Å². The van der Waals surface area contributed by atoms with Gasteiger partial charge in [0.05, 0.1) is 10.6 Å². The first-order valence-electron chi connectivity index (χ1n) is 8.77. The molecule has 0 spiro atoms. The normalized spacial score (nSPS) is 11.8. The fourth-order valence-electron chi connectivity index (χ4n) is 2.93. The zero-order chi connectivity index (χ0) is 19.7. The number of nitrogens with zero attached hydrogens (tertiary/aromatic N) is 5. The number of fused-ring (bicyclic) bond motifs is 1. The summed E-state index contributed by atoms with van der Waals surface area (Å²) >= 11 is 1.45. The molecule has 0 N–H and O–H groups in total. The first-order valence-corrected chi connectivity index (χ1v) is 11.0. The lowest BCUT2D eigenvalue weighted by atomic mass is 10.2. The van der Waals surface area contributed by atoms with Crippen molar-refractivity contribution in [3.63, 3.8) is 0 Å². The van der Waals surface area contributed by atoms with Crippen LogP contribution >= 0.6 is 11.3 Å². The Bertz CT molecular complexity index is 1200. The van der Waals surface area contributed by atoms with Gasteiger partial charge in [0.15, 0.2) is 5.82 Å². The molecule has 4 aromatic rings. The van der Waals surface area contributed by atoms with Gasteiger partial charge in [0, 0.05) is 13.0 Å². The van der Waals surface area contributed by atoms with Crippen LogP contribution in [0.4, 0.5) is 5.69 Å². The van der Waals surface area contributed by atoms with Gasteiger partial charge in [0.2, 0.25) is 4.96 Å². The number of sulfonamides is 1. The molecule has 144 valence electrons. The molecule has 0 aliphatic heterocycles. The maximum absolute atomic E-state index is 13.3. The molecular formula is C19H19N5O2S2. The van der Waals surface area contributed by atoms with Crippen LogP contribution in [0, 0.1) is 13.8 Å². The SMILES string of the molecule is Cc1ccc(N(CCc2nnc3sc(C)nn23)S(=O)(=O)c2ccccc2)cc1. The second-order valence-corrected chi connectivity index (χ2v) is 9.43. The standard InChI is InChI=1S/C19H19N5O2S2/c1-14-8-10-16(11-9-14)23(28(25,26)17-6-4-3-5-7-17)13-12-18-20-21-19-24(18)22-15(2)27-19/h3-11H,12-13H2,1-2H3. The van der Waals surface area contributed by atoms with Gasteiger partial charge in [-0.3, -0.25) is 4.31 Å². The summed E-state index contributed by atoms with van der Waals surface area (Å²) in [6, 6.07) is 15.9. The van der Waals surface area contributed by atoms with Gasteiger partial charge in [-0.1, -0.05) is 47.2 Å². The summed E-state index contributed by atoms with van der Waals surface area (Å²) in [7, 11) is -3.71. The van der Waals surface area contributed by atoms with Gasteiger partial charge in [-0.2, -0.15) is 9.61 Å². The highest BCUT2D eigenvalue weighted by molar-refractivity contribution is 7.92. The summed E-state index contributed by atoms with van der Waals surface area (Å²) in [4.78, 5) is 0.965. The second kappa shape index (κ2) is 7.33. The molecule has 2 aromatic carbocycles. The monoisotopic (exact) mass is 413 g/mol. The summed E-state index contributed by atoms with van der Waals surface area (Å²) in [6.45, 7) is 4.11. The minimum absolute atomic E-state index is 0.234. The minimum atomic E-state index is -3.71. The first kappa shape index (κ1) is 18.6. The number of aromatic nitrogens is 4. The lowest BCUT2D eigenvalue weighted by Gasteiger charge is -2.24.